The number of amides is 1. The maximum atomic E-state index is 11.4. The average molecular weight is 267 g/mol. The first-order chi connectivity index (χ1) is 7.59. The van der Waals surface area contributed by atoms with E-state index < -0.39 is 34.2 Å². The van der Waals surface area contributed by atoms with E-state index >= 15 is 0 Å². The average Bonchev–Trinajstić information content (AvgIpc) is 2.13. The fourth-order valence-electron chi connectivity index (χ4n) is 1.04. The van der Waals surface area contributed by atoms with Crippen LogP contribution in [0.4, 0.5) is 4.79 Å². The first-order valence-corrected chi connectivity index (χ1v) is 7.22. The molecule has 0 fully saturated rings. The molecule has 7 heteroatoms. The van der Waals surface area contributed by atoms with Crippen LogP contribution >= 0.6 is 0 Å². The van der Waals surface area contributed by atoms with E-state index in [0.29, 0.717) is 0 Å². The first-order valence-electron chi connectivity index (χ1n) is 5.40. The van der Waals surface area contributed by atoms with Crippen LogP contribution in [-0.2, 0) is 14.6 Å². The molecule has 0 aliphatic rings. The van der Waals surface area contributed by atoms with Crippen molar-refractivity contribution in [3.8, 4) is 0 Å². The lowest BCUT2D eigenvalue weighted by Gasteiger charge is -2.22. The normalized spacial score (nSPS) is 14.2. The van der Waals surface area contributed by atoms with E-state index in [4.69, 9.17) is 9.84 Å². The Morgan fingerprint density at radius 2 is 1.94 bits per heavy atom. The van der Waals surface area contributed by atoms with Crippen LogP contribution in [0.3, 0.4) is 0 Å². The van der Waals surface area contributed by atoms with Gasteiger partial charge in [0.1, 0.15) is 5.60 Å². The van der Waals surface area contributed by atoms with E-state index in [1.165, 1.54) is 6.92 Å². The lowest BCUT2D eigenvalue weighted by Crippen LogP contribution is -2.44. The lowest BCUT2D eigenvalue weighted by molar-refractivity contribution is 0.0490. The Morgan fingerprint density at radius 1 is 1.41 bits per heavy atom. The van der Waals surface area contributed by atoms with E-state index in [1.807, 2.05) is 0 Å². The van der Waals surface area contributed by atoms with Crippen LogP contribution in [0.2, 0.25) is 0 Å². The molecule has 0 aromatic carbocycles. The number of alkyl carbamates (subject to hydrolysis) is 1. The number of rotatable bonds is 5. The molecule has 0 aromatic rings. The molecule has 0 saturated carbocycles. The van der Waals surface area contributed by atoms with Gasteiger partial charge in [-0.3, -0.25) is 0 Å². The summed E-state index contributed by atoms with van der Waals surface area (Å²) >= 11 is 0. The number of aliphatic hydroxyl groups excluding tert-OH is 1. The Labute approximate surface area is 102 Å². The molecular weight excluding hydrogens is 246 g/mol. The molecule has 17 heavy (non-hydrogen) atoms. The van der Waals surface area contributed by atoms with Crippen molar-refractivity contribution in [2.75, 3.05) is 18.1 Å². The van der Waals surface area contributed by atoms with Crippen LogP contribution < -0.4 is 5.32 Å². The zero-order valence-electron chi connectivity index (χ0n) is 10.7. The van der Waals surface area contributed by atoms with E-state index in [1.54, 1.807) is 20.8 Å². The summed E-state index contributed by atoms with van der Waals surface area (Å²) < 4.78 is 27.6. The van der Waals surface area contributed by atoms with Gasteiger partial charge in [0.05, 0.1) is 18.4 Å². The summed E-state index contributed by atoms with van der Waals surface area (Å²) in [5.41, 5.74) is -0.659. The Bertz CT molecular complexity index is 344. The highest BCUT2D eigenvalue weighted by molar-refractivity contribution is 7.91. The molecule has 6 nitrogen and oxygen atoms in total. The quantitative estimate of drug-likeness (QED) is 0.747. The molecule has 0 unspecified atom stereocenters. The van der Waals surface area contributed by atoms with Crippen molar-refractivity contribution in [1.29, 1.82) is 0 Å². The van der Waals surface area contributed by atoms with Gasteiger partial charge < -0.3 is 15.2 Å². The second-order valence-electron chi connectivity index (χ2n) is 4.72. The Hall–Kier alpha value is -0.820. The van der Waals surface area contributed by atoms with E-state index in [-0.39, 0.29) is 11.5 Å². The largest absolute Gasteiger partial charge is 0.444 e. The predicted molar refractivity (Wildman–Crippen MR) is 64.6 cm³/mol. The number of hydrogen-bond acceptors (Lipinski definition) is 5. The van der Waals surface area contributed by atoms with Gasteiger partial charge in [0.25, 0.3) is 0 Å². The van der Waals surface area contributed by atoms with Crippen LogP contribution in [0.1, 0.15) is 27.7 Å². The number of sulfone groups is 1. The molecule has 0 saturated heterocycles. The van der Waals surface area contributed by atoms with Crippen molar-refractivity contribution in [2.45, 2.75) is 39.3 Å². The molecular formula is C10H21NO5S. The molecule has 0 rings (SSSR count). The maximum absolute atomic E-state index is 11.4. The second kappa shape index (κ2) is 6.20. The summed E-state index contributed by atoms with van der Waals surface area (Å²) in [7, 11) is -3.25. The van der Waals surface area contributed by atoms with Crippen LogP contribution in [0, 0.1) is 0 Å². The predicted octanol–water partition coefficient (Wildman–Crippen LogP) is 0.307. The third kappa shape index (κ3) is 7.98. The third-order valence-corrected chi connectivity index (χ3v) is 3.63. The number of aliphatic hydroxyl groups is 1. The van der Waals surface area contributed by atoms with Gasteiger partial charge in [0.15, 0.2) is 9.84 Å². The Kier molecular flexibility index (Phi) is 5.91. The highest BCUT2D eigenvalue weighted by Gasteiger charge is 2.22. The monoisotopic (exact) mass is 267 g/mol. The third-order valence-electron chi connectivity index (χ3n) is 1.84. The molecule has 1 amide bonds. The fraction of sp³-hybridized carbons (Fsp3) is 0.900. The van der Waals surface area contributed by atoms with Gasteiger partial charge in [-0.15, -0.1) is 0 Å². The van der Waals surface area contributed by atoms with Crippen molar-refractivity contribution >= 4 is 15.9 Å². The second-order valence-corrected chi connectivity index (χ2v) is 7.12. The standard InChI is InChI=1S/C10H21NO5S/c1-5-17(14,15)7-8(6-12)11-9(13)16-10(2,3)4/h8,12H,5-7H2,1-4H3,(H,11,13)/t8-/m0/s1. The summed E-state index contributed by atoms with van der Waals surface area (Å²) in [4.78, 5) is 11.4. The SMILES string of the molecule is CCS(=O)(=O)C[C@H](CO)NC(=O)OC(C)(C)C. The fourth-order valence-corrected chi connectivity index (χ4v) is 2.08. The van der Waals surface area contributed by atoms with Crippen LogP contribution in [0.15, 0.2) is 0 Å². The molecule has 0 radical (unpaired) electrons. The molecule has 0 bridgehead atoms. The zero-order chi connectivity index (χ0) is 13.7. The minimum absolute atomic E-state index is 0.0283. The van der Waals surface area contributed by atoms with E-state index in [2.05, 4.69) is 5.32 Å². The minimum atomic E-state index is -3.25. The molecule has 0 aliphatic carbocycles. The summed E-state index contributed by atoms with van der Waals surface area (Å²) in [5, 5.41) is 11.3. The number of carbonyl (C=O) groups is 1. The summed E-state index contributed by atoms with van der Waals surface area (Å²) in [6.07, 6.45) is -0.733. The number of carbonyl (C=O) groups excluding carboxylic acids is 1. The van der Waals surface area contributed by atoms with Crippen LogP contribution in [0.5, 0.6) is 0 Å². The van der Waals surface area contributed by atoms with Gasteiger partial charge in [0, 0.05) is 5.75 Å². The van der Waals surface area contributed by atoms with E-state index in [0.717, 1.165) is 0 Å². The number of nitrogens with one attached hydrogen (secondary N) is 1. The van der Waals surface area contributed by atoms with Gasteiger partial charge in [-0.25, -0.2) is 13.2 Å². The molecule has 1 atom stereocenters. The van der Waals surface area contributed by atoms with Crippen molar-refractivity contribution in [1.82, 2.24) is 5.32 Å². The lowest BCUT2D eigenvalue weighted by atomic mass is 10.2. The first kappa shape index (κ1) is 16.2. The minimum Gasteiger partial charge on any atom is -0.444 e. The van der Waals surface area contributed by atoms with Gasteiger partial charge in [-0.05, 0) is 20.8 Å². The molecule has 102 valence electrons. The summed E-state index contributed by atoms with van der Waals surface area (Å²) in [6, 6.07) is -0.838. The highest BCUT2D eigenvalue weighted by Crippen LogP contribution is 2.07. The van der Waals surface area contributed by atoms with Crippen molar-refractivity contribution < 1.29 is 23.1 Å². The van der Waals surface area contributed by atoms with Gasteiger partial charge >= 0.3 is 6.09 Å². The molecule has 0 heterocycles. The topological polar surface area (TPSA) is 92.7 Å². The molecule has 0 spiro atoms. The van der Waals surface area contributed by atoms with Gasteiger partial charge in [0.2, 0.25) is 0 Å². The van der Waals surface area contributed by atoms with Gasteiger partial charge in [-0.1, -0.05) is 6.92 Å². The number of hydrogen-bond donors (Lipinski definition) is 2. The zero-order valence-corrected chi connectivity index (χ0v) is 11.5. The van der Waals surface area contributed by atoms with Crippen molar-refractivity contribution in [3.05, 3.63) is 0 Å². The smallest absolute Gasteiger partial charge is 0.407 e. The summed E-state index contributed by atoms with van der Waals surface area (Å²) in [6.45, 7) is 6.16. The van der Waals surface area contributed by atoms with Crippen molar-refractivity contribution in [3.63, 3.8) is 0 Å². The Balaban J connectivity index is 4.37. The van der Waals surface area contributed by atoms with Crippen LogP contribution in [-0.4, -0.2) is 49.4 Å². The van der Waals surface area contributed by atoms with Crippen molar-refractivity contribution in [2.24, 2.45) is 0 Å². The molecule has 2 N–H and O–H groups in total. The number of ether oxygens (including phenoxy) is 1. The Morgan fingerprint density at radius 3 is 2.29 bits per heavy atom. The molecule has 0 aliphatic heterocycles. The van der Waals surface area contributed by atoms with Crippen LogP contribution in [0.25, 0.3) is 0 Å². The summed E-state index contributed by atoms with van der Waals surface area (Å²) in [5.74, 6) is -0.321. The highest BCUT2D eigenvalue weighted by atomic mass is 32.2. The maximum Gasteiger partial charge on any atom is 0.407 e. The van der Waals surface area contributed by atoms with Gasteiger partial charge in [-0.2, -0.15) is 0 Å². The van der Waals surface area contributed by atoms with E-state index in [9.17, 15) is 13.2 Å². The molecule has 0 aromatic heterocycles.